The van der Waals surface area contributed by atoms with E-state index in [0.717, 1.165) is 12.8 Å². The lowest BCUT2D eigenvalue weighted by molar-refractivity contribution is 0.176. The molecule has 98 valence electrons. The molecule has 1 aromatic rings. The van der Waals surface area contributed by atoms with E-state index in [1.54, 1.807) is 12.1 Å². The molecule has 1 aromatic carbocycles. The van der Waals surface area contributed by atoms with Crippen LogP contribution in [0.2, 0.25) is 0 Å². The number of allylic oxidation sites excluding steroid dienone is 1. The average molecular weight is 250 g/mol. The molecule has 0 heterocycles. The fraction of sp³-hybridized carbons (Fsp3) is 0.467. The minimum Gasteiger partial charge on any atom is -0.494 e. The van der Waals surface area contributed by atoms with Gasteiger partial charge in [0.1, 0.15) is 0 Å². The molecule has 0 saturated carbocycles. The van der Waals surface area contributed by atoms with Crippen molar-refractivity contribution in [2.24, 2.45) is 0 Å². The van der Waals surface area contributed by atoms with E-state index in [0.29, 0.717) is 12.0 Å². The Bertz CT molecular complexity index is 440. The van der Waals surface area contributed by atoms with E-state index >= 15 is 0 Å². The van der Waals surface area contributed by atoms with Gasteiger partial charge in [0.2, 0.25) is 0 Å². The molecule has 0 aromatic heterocycles. The van der Waals surface area contributed by atoms with Gasteiger partial charge in [0, 0.05) is 0 Å². The summed E-state index contributed by atoms with van der Waals surface area (Å²) in [7, 11) is 1.43. The Hall–Kier alpha value is -1.35. The van der Waals surface area contributed by atoms with Crippen LogP contribution in [0.5, 0.6) is 5.75 Å². The monoisotopic (exact) mass is 250 g/mol. The first-order valence-electron chi connectivity index (χ1n) is 6.40. The van der Waals surface area contributed by atoms with Crippen LogP contribution in [0.25, 0.3) is 0 Å². The van der Waals surface area contributed by atoms with Gasteiger partial charge in [-0.3, -0.25) is 0 Å². The van der Waals surface area contributed by atoms with Crippen molar-refractivity contribution in [3.8, 4) is 5.75 Å². The maximum atomic E-state index is 13.5. The first kappa shape index (κ1) is 13.1. The summed E-state index contributed by atoms with van der Waals surface area (Å²) in [6.07, 6.45) is 6.74. The highest BCUT2D eigenvalue weighted by atomic mass is 19.1. The van der Waals surface area contributed by atoms with E-state index in [1.807, 2.05) is 0 Å². The fourth-order valence-corrected chi connectivity index (χ4v) is 2.35. The van der Waals surface area contributed by atoms with Gasteiger partial charge in [0.05, 0.1) is 13.2 Å². The lowest BCUT2D eigenvalue weighted by Gasteiger charge is -2.17. The quantitative estimate of drug-likeness (QED) is 0.824. The molecule has 2 rings (SSSR count). The van der Waals surface area contributed by atoms with Crippen molar-refractivity contribution in [2.75, 3.05) is 7.11 Å². The number of hydrogen-bond acceptors (Lipinski definition) is 2. The minimum atomic E-state index is -0.630. The number of benzene rings is 1. The van der Waals surface area contributed by atoms with Gasteiger partial charge in [0.25, 0.3) is 0 Å². The molecule has 2 nitrogen and oxygen atoms in total. The highest BCUT2D eigenvalue weighted by Gasteiger charge is 2.14. The van der Waals surface area contributed by atoms with E-state index < -0.39 is 11.9 Å². The van der Waals surface area contributed by atoms with Crippen molar-refractivity contribution < 1.29 is 14.2 Å². The minimum absolute atomic E-state index is 0.211. The summed E-state index contributed by atoms with van der Waals surface area (Å²) < 4.78 is 18.4. The van der Waals surface area contributed by atoms with Crippen LogP contribution < -0.4 is 4.74 Å². The lowest BCUT2D eigenvalue weighted by atomic mass is 9.93. The zero-order chi connectivity index (χ0) is 13.0. The maximum Gasteiger partial charge on any atom is 0.165 e. The Balaban J connectivity index is 2.06. The zero-order valence-electron chi connectivity index (χ0n) is 10.7. The van der Waals surface area contributed by atoms with Gasteiger partial charge in [-0.25, -0.2) is 4.39 Å². The molecule has 0 aliphatic heterocycles. The number of rotatable bonds is 4. The number of halogens is 1. The van der Waals surface area contributed by atoms with Gasteiger partial charge in [0.15, 0.2) is 11.6 Å². The first-order chi connectivity index (χ1) is 8.70. The summed E-state index contributed by atoms with van der Waals surface area (Å²) in [4.78, 5) is 0. The summed E-state index contributed by atoms with van der Waals surface area (Å²) in [5.41, 5.74) is 1.89. The third-order valence-corrected chi connectivity index (χ3v) is 3.40. The van der Waals surface area contributed by atoms with Crippen LogP contribution in [0.3, 0.4) is 0 Å². The predicted molar refractivity (Wildman–Crippen MR) is 69.1 cm³/mol. The van der Waals surface area contributed by atoms with Crippen molar-refractivity contribution in [1.29, 1.82) is 0 Å². The first-order valence-corrected chi connectivity index (χ1v) is 6.40. The van der Waals surface area contributed by atoms with Gasteiger partial charge in [-0.1, -0.05) is 17.7 Å². The largest absolute Gasteiger partial charge is 0.494 e. The molecule has 0 saturated heterocycles. The highest BCUT2D eigenvalue weighted by Crippen LogP contribution is 2.29. The van der Waals surface area contributed by atoms with E-state index in [4.69, 9.17) is 4.74 Å². The van der Waals surface area contributed by atoms with Crippen LogP contribution in [0, 0.1) is 5.82 Å². The summed E-state index contributed by atoms with van der Waals surface area (Å²) in [5, 5.41) is 10.1. The molecule has 0 bridgehead atoms. The van der Waals surface area contributed by atoms with Crippen LogP contribution >= 0.6 is 0 Å². The smallest absolute Gasteiger partial charge is 0.165 e. The van der Waals surface area contributed by atoms with Gasteiger partial charge in [-0.15, -0.1) is 0 Å². The molecule has 0 amide bonds. The lowest BCUT2D eigenvalue weighted by Crippen LogP contribution is -2.02. The van der Waals surface area contributed by atoms with E-state index in [9.17, 15) is 9.50 Å². The number of aliphatic hydroxyl groups excluding tert-OH is 1. The van der Waals surface area contributed by atoms with Crippen LogP contribution in [-0.4, -0.2) is 12.2 Å². The van der Waals surface area contributed by atoms with Gasteiger partial charge >= 0.3 is 0 Å². The van der Waals surface area contributed by atoms with Crippen LogP contribution in [0.15, 0.2) is 29.8 Å². The second-order valence-corrected chi connectivity index (χ2v) is 4.72. The summed E-state index contributed by atoms with van der Waals surface area (Å²) in [6, 6.07) is 4.63. The summed E-state index contributed by atoms with van der Waals surface area (Å²) in [6.45, 7) is 0. The predicted octanol–water partition coefficient (Wildman–Crippen LogP) is 3.76. The normalized spacial score (nSPS) is 17.2. The molecule has 1 N–H and O–H groups in total. The molecule has 0 spiro atoms. The fourth-order valence-electron chi connectivity index (χ4n) is 2.35. The van der Waals surface area contributed by atoms with E-state index in [-0.39, 0.29) is 5.75 Å². The maximum absolute atomic E-state index is 13.5. The van der Waals surface area contributed by atoms with Gasteiger partial charge in [-0.2, -0.15) is 0 Å². The topological polar surface area (TPSA) is 29.5 Å². The Kier molecular flexibility index (Phi) is 4.37. The van der Waals surface area contributed by atoms with Crippen molar-refractivity contribution in [3.05, 3.63) is 41.2 Å². The Labute approximate surface area is 107 Å². The van der Waals surface area contributed by atoms with Crippen molar-refractivity contribution in [1.82, 2.24) is 0 Å². The second kappa shape index (κ2) is 6.01. The second-order valence-electron chi connectivity index (χ2n) is 4.72. The van der Waals surface area contributed by atoms with Crippen molar-refractivity contribution in [3.63, 3.8) is 0 Å². The number of hydrogen-bond donors (Lipinski definition) is 1. The molecule has 3 heteroatoms. The molecule has 18 heavy (non-hydrogen) atoms. The number of aliphatic hydroxyl groups is 1. The molecule has 0 fully saturated rings. The number of methoxy groups -OCH3 is 1. The van der Waals surface area contributed by atoms with E-state index in [2.05, 4.69) is 6.08 Å². The molecule has 1 unspecified atom stereocenters. The molecular formula is C15H19FO2. The Morgan fingerprint density at radius 2 is 2.22 bits per heavy atom. The summed E-state index contributed by atoms with van der Waals surface area (Å²) >= 11 is 0. The molecule has 1 aliphatic carbocycles. The summed E-state index contributed by atoms with van der Waals surface area (Å²) in [5.74, 6) is -0.213. The SMILES string of the molecule is COc1ccc(C(O)CC2=CCCCC2)cc1F. The Morgan fingerprint density at radius 3 is 2.83 bits per heavy atom. The van der Waals surface area contributed by atoms with Crippen molar-refractivity contribution in [2.45, 2.75) is 38.2 Å². The zero-order valence-corrected chi connectivity index (χ0v) is 10.7. The van der Waals surface area contributed by atoms with E-state index in [1.165, 1.54) is 31.6 Å². The van der Waals surface area contributed by atoms with Crippen LogP contribution in [-0.2, 0) is 0 Å². The van der Waals surface area contributed by atoms with Crippen molar-refractivity contribution >= 4 is 0 Å². The third kappa shape index (κ3) is 3.10. The standard InChI is InChI=1S/C15H19FO2/c1-18-15-8-7-12(10-13(15)16)14(17)9-11-5-3-2-4-6-11/h5,7-8,10,14,17H,2-4,6,9H2,1H3. The van der Waals surface area contributed by atoms with Gasteiger partial charge in [-0.05, 0) is 49.8 Å². The molecular weight excluding hydrogens is 231 g/mol. The van der Waals surface area contributed by atoms with Crippen LogP contribution in [0.1, 0.15) is 43.8 Å². The Morgan fingerprint density at radius 1 is 1.39 bits per heavy atom. The number of ether oxygens (including phenoxy) is 1. The molecule has 1 atom stereocenters. The highest BCUT2D eigenvalue weighted by molar-refractivity contribution is 5.31. The van der Waals surface area contributed by atoms with Crippen LogP contribution in [0.4, 0.5) is 4.39 Å². The molecule has 0 radical (unpaired) electrons. The average Bonchev–Trinajstić information content (AvgIpc) is 2.39. The molecule has 1 aliphatic rings. The third-order valence-electron chi connectivity index (χ3n) is 3.40. The van der Waals surface area contributed by atoms with Gasteiger partial charge < -0.3 is 9.84 Å².